The normalized spacial score (nSPS) is 14.5. The number of aliphatic carboxylic acids is 1. The highest BCUT2D eigenvalue weighted by Gasteiger charge is 2.23. The van der Waals surface area contributed by atoms with E-state index in [2.05, 4.69) is 22.8 Å². The van der Waals surface area contributed by atoms with Gasteiger partial charge in [-0.3, -0.25) is 4.79 Å². The topological polar surface area (TPSA) is 104 Å². The van der Waals surface area contributed by atoms with Crippen molar-refractivity contribution in [3.05, 3.63) is 59.3 Å². The van der Waals surface area contributed by atoms with Crippen molar-refractivity contribution in [2.45, 2.75) is 50.7 Å². The fourth-order valence-corrected chi connectivity index (χ4v) is 4.36. The van der Waals surface area contributed by atoms with Crippen LogP contribution in [-0.4, -0.2) is 79.0 Å². The molecule has 2 atom stereocenters. The van der Waals surface area contributed by atoms with Crippen LogP contribution in [0.15, 0.2) is 42.5 Å². The van der Waals surface area contributed by atoms with Crippen LogP contribution in [0.3, 0.4) is 0 Å². The molecule has 9 heteroatoms. The predicted octanol–water partition coefficient (Wildman–Crippen LogP) is 3.32. The number of carbonyl (C=O) groups excluding carboxylic acids is 1. The third-order valence-electron chi connectivity index (χ3n) is 6.29. The first-order chi connectivity index (χ1) is 17.5. The van der Waals surface area contributed by atoms with E-state index in [1.54, 1.807) is 30.3 Å². The van der Waals surface area contributed by atoms with E-state index in [0.29, 0.717) is 18.7 Å². The third-order valence-corrected chi connectivity index (χ3v) is 6.29. The highest BCUT2D eigenvalue weighted by Crippen LogP contribution is 2.20. The number of nitrogens with zero attached hydrogens (tertiary/aromatic N) is 2. The second-order valence-electron chi connectivity index (χ2n) is 9.17. The number of ether oxygens (including phenoxy) is 1. The maximum Gasteiger partial charge on any atom is 0.326 e. The molecule has 2 unspecified atom stereocenters. The molecule has 0 saturated carbocycles. The molecule has 3 rings (SSSR count). The predicted molar refractivity (Wildman–Crippen MR) is 137 cm³/mol. The molecule has 1 aromatic heterocycles. The Kier molecular flexibility index (Phi) is 11.1. The van der Waals surface area contributed by atoms with Gasteiger partial charge in [0.25, 0.3) is 5.91 Å². The summed E-state index contributed by atoms with van der Waals surface area (Å²) < 4.78 is 19.3. The number of aryl methyl sites for hydroxylation is 2. The van der Waals surface area contributed by atoms with E-state index in [0.717, 1.165) is 50.2 Å². The van der Waals surface area contributed by atoms with Gasteiger partial charge in [-0.15, -0.1) is 0 Å². The van der Waals surface area contributed by atoms with E-state index in [1.165, 1.54) is 12.7 Å². The zero-order chi connectivity index (χ0) is 25.8. The number of unbranched alkanes of at least 4 members (excludes halogenated alkanes) is 1. The quantitative estimate of drug-likeness (QED) is 0.322. The number of methoxy groups -OCH3 is 1. The van der Waals surface area contributed by atoms with E-state index in [-0.39, 0.29) is 19.6 Å². The molecular formula is C27H37FN4O4. The Hall–Kier alpha value is -3.04. The number of hydrogen-bond donors (Lipinski definition) is 3. The number of carboxylic acid groups (broad SMARTS) is 1. The van der Waals surface area contributed by atoms with Gasteiger partial charge in [0.05, 0.1) is 6.61 Å². The standard InChI is InChI=1S/C27H37FN4O4/c1-36-19-22(28)18-32(16-6-5-11-23-13-12-20-10-7-15-29-25(20)30-23)17-14-24(27(34)35)31-26(33)21-8-3-2-4-9-21/h2-4,8-9,12-13,22,24H,5-7,10-11,14-19H2,1H3,(H,29,30)(H,31,33)(H,34,35). The molecule has 1 aliphatic rings. The molecule has 0 saturated heterocycles. The molecule has 3 N–H and O–H groups in total. The number of amides is 1. The fraction of sp³-hybridized carbons (Fsp3) is 0.519. The number of nitrogens with one attached hydrogen (secondary N) is 2. The lowest BCUT2D eigenvalue weighted by Crippen LogP contribution is -2.44. The molecule has 0 aliphatic carbocycles. The molecule has 0 bridgehead atoms. The average Bonchev–Trinajstić information content (AvgIpc) is 2.89. The van der Waals surface area contributed by atoms with E-state index in [9.17, 15) is 19.1 Å². The van der Waals surface area contributed by atoms with Gasteiger partial charge in [0.2, 0.25) is 0 Å². The van der Waals surface area contributed by atoms with Crippen LogP contribution in [-0.2, 0) is 22.4 Å². The minimum absolute atomic E-state index is 0.0182. The lowest BCUT2D eigenvalue weighted by Gasteiger charge is -2.25. The first-order valence-corrected chi connectivity index (χ1v) is 12.6. The van der Waals surface area contributed by atoms with Gasteiger partial charge in [0.15, 0.2) is 0 Å². The summed E-state index contributed by atoms with van der Waals surface area (Å²) in [7, 11) is 1.46. The second kappa shape index (κ2) is 14.5. The van der Waals surface area contributed by atoms with Gasteiger partial charge in [-0.05, 0) is 68.8 Å². The number of anilines is 1. The maximum absolute atomic E-state index is 14.3. The highest BCUT2D eigenvalue weighted by atomic mass is 19.1. The van der Waals surface area contributed by atoms with Crippen molar-refractivity contribution in [2.75, 3.05) is 45.2 Å². The van der Waals surface area contributed by atoms with Crippen molar-refractivity contribution in [2.24, 2.45) is 0 Å². The van der Waals surface area contributed by atoms with Crippen LogP contribution in [0.5, 0.6) is 0 Å². The van der Waals surface area contributed by atoms with Gasteiger partial charge < -0.3 is 25.4 Å². The summed E-state index contributed by atoms with van der Waals surface area (Å²) in [4.78, 5) is 30.9. The zero-order valence-electron chi connectivity index (χ0n) is 20.9. The minimum Gasteiger partial charge on any atom is -0.480 e. The van der Waals surface area contributed by atoms with Crippen LogP contribution in [0.1, 0.15) is 47.3 Å². The number of benzene rings is 1. The zero-order valence-corrected chi connectivity index (χ0v) is 20.9. The smallest absolute Gasteiger partial charge is 0.326 e. The molecule has 1 aromatic carbocycles. The van der Waals surface area contributed by atoms with Crippen LogP contribution in [0.4, 0.5) is 10.2 Å². The number of alkyl halides is 1. The molecule has 0 fully saturated rings. The number of hydrogen-bond acceptors (Lipinski definition) is 6. The Morgan fingerprint density at radius 3 is 2.75 bits per heavy atom. The Balaban J connectivity index is 1.51. The first-order valence-electron chi connectivity index (χ1n) is 12.6. The van der Waals surface area contributed by atoms with Crippen molar-refractivity contribution in [1.29, 1.82) is 0 Å². The molecule has 36 heavy (non-hydrogen) atoms. The Bertz CT molecular complexity index is 976. The van der Waals surface area contributed by atoms with E-state index < -0.39 is 24.1 Å². The van der Waals surface area contributed by atoms with Crippen LogP contribution in [0, 0.1) is 0 Å². The molecule has 2 aromatic rings. The van der Waals surface area contributed by atoms with E-state index in [1.807, 2.05) is 4.90 Å². The summed E-state index contributed by atoms with van der Waals surface area (Å²) in [6.45, 7) is 2.04. The number of rotatable bonds is 15. The summed E-state index contributed by atoms with van der Waals surface area (Å²) in [6.07, 6.45) is 3.71. The molecule has 196 valence electrons. The largest absolute Gasteiger partial charge is 0.480 e. The number of halogens is 1. The number of carbonyl (C=O) groups is 2. The van der Waals surface area contributed by atoms with Gasteiger partial charge in [0, 0.05) is 38.0 Å². The minimum atomic E-state index is -1.18. The SMILES string of the molecule is COCC(F)CN(CCCCc1ccc2c(n1)NCCC2)CCC(NC(=O)c1ccccc1)C(=O)O. The summed E-state index contributed by atoms with van der Waals surface area (Å²) >= 11 is 0. The lowest BCUT2D eigenvalue weighted by atomic mass is 10.1. The van der Waals surface area contributed by atoms with Crippen LogP contribution < -0.4 is 10.6 Å². The van der Waals surface area contributed by atoms with Crippen LogP contribution >= 0.6 is 0 Å². The van der Waals surface area contributed by atoms with Crippen LogP contribution in [0.2, 0.25) is 0 Å². The summed E-state index contributed by atoms with van der Waals surface area (Å²) in [5.74, 6) is -0.568. The van der Waals surface area contributed by atoms with Gasteiger partial charge in [0.1, 0.15) is 18.0 Å². The Morgan fingerprint density at radius 1 is 1.19 bits per heavy atom. The molecule has 0 radical (unpaired) electrons. The third kappa shape index (κ3) is 8.87. The summed E-state index contributed by atoms with van der Waals surface area (Å²) in [6, 6.07) is 11.7. The van der Waals surface area contributed by atoms with Crippen molar-refractivity contribution in [3.8, 4) is 0 Å². The van der Waals surface area contributed by atoms with Gasteiger partial charge >= 0.3 is 5.97 Å². The average molecular weight is 501 g/mol. The number of carboxylic acids is 1. The monoisotopic (exact) mass is 500 g/mol. The molecule has 1 amide bonds. The van der Waals surface area contributed by atoms with E-state index >= 15 is 0 Å². The van der Waals surface area contributed by atoms with E-state index in [4.69, 9.17) is 9.72 Å². The second-order valence-corrected chi connectivity index (χ2v) is 9.17. The van der Waals surface area contributed by atoms with Gasteiger partial charge in [-0.25, -0.2) is 14.2 Å². The fourth-order valence-electron chi connectivity index (χ4n) is 4.36. The molecule has 2 heterocycles. The highest BCUT2D eigenvalue weighted by molar-refractivity contribution is 5.96. The first kappa shape index (κ1) is 27.5. The number of aromatic nitrogens is 1. The Labute approximate surface area is 212 Å². The maximum atomic E-state index is 14.3. The van der Waals surface area contributed by atoms with Crippen molar-refractivity contribution < 1.29 is 23.8 Å². The number of pyridine rings is 1. The molecule has 8 nitrogen and oxygen atoms in total. The molecule has 0 spiro atoms. The van der Waals surface area contributed by atoms with Crippen molar-refractivity contribution in [1.82, 2.24) is 15.2 Å². The van der Waals surface area contributed by atoms with Crippen molar-refractivity contribution >= 4 is 17.7 Å². The molecule has 1 aliphatic heterocycles. The van der Waals surface area contributed by atoms with Gasteiger partial charge in [-0.1, -0.05) is 24.3 Å². The molecular weight excluding hydrogens is 463 g/mol. The van der Waals surface area contributed by atoms with Crippen LogP contribution in [0.25, 0.3) is 0 Å². The number of fused-ring (bicyclic) bond motifs is 1. The van der Waals surface area contributed by atoms with Crippen molar-refractivity contribution in [3.63, 3.8) is 0 Å². The lowest BCUT2D eigenvalue weighted by molar-refractivity contribution is -0.139. The summed E-state index contributed by atoms with van der Waals surface area (Å²) in [5, 5.41) is 15.6. The summed E-state index contributed by atoms with van der Waals surface area (Å²) in [5.41, 5.74) is 2.69. The Morgan fingerprint density at radius 2 is 2.00 bits per heavy atom. The van der Waals surface area contributed by atoms with Gasteiger partial charge in [-0.2, -0.15) is 0 Å².